The first kappa shape index (κ1) is 11.9. The van der Waals surface area contributed by atoms with Gasteiger partial charge in [-0.05, 0) is 31.4 Å². The van der Waals surface area contributed by atoms with Crippen molar-refractivity contribution in [3.63, 3.8) is 0 Å². The molecule has 17 heavy (non-hydrogen) atoms. The highest BCUT2D eigenvalue weighted by molar-refractivity contribution is 5.41. The molecule has 0 radical (unpaired) electrons. The largest absolute Gasteiger partial charge is 0.196 e. The third-order valence-corrected chi connectivity index (χ3v) is 3.05. The fourth-order valence-electron chi connectivity index (χ4n) is 2.17. The number of para-hydroxylation sites is 1. The molecular weight excluding hydrogens is 208 g/mol. The van der Waals surface area contributed by atoms with Crippen LogP contribution in [0, 0.1) is 0 Å². The van der Waals surface area contributed by atoms with Crippen LogP contribution in [0.2, 0.25) is 0 Å². The maximum Gasteiger partial charge on any atom is 0.196 e. The van der Waals surface area contributed by atoms with E-state index in [4.69, 9.17) is 0 Å². The van der Waals surface area contributed by atoms with E-state index in [1.165, 1.54) is 11.3 Å². The fourth-order valence-corrected chi connectivity index (χ4v) is 2.17. The number of rotatable bonds is 3. The van der Waals surface area contributed by atoms with Crippen LogP contribution in [0.1, 0.15) is 45.2 Å². The average Bonchev–Trinajstić information content (AvgIpc) is 2.77. The van der Waals surface area contributed by atoms with Gasteiger partial charge in [0.1, 0.15) is 5.69 Å². The monoisotopic (exact) mass is 229 g/mol. The summed E-state index contributed by atoms with van der Waals surface area (Å²) in [6, 6.07) is 11.2. The van der Waals surface area contributed by atoms with E-state index in [2.05, 4.69) is 79.8 Å². The quantitative estimate of drug-likeness (QED) is 0.713. The molecule has 0 unspecified atom stereocenters. The minimum atomic E-state index is 0.463. The molecule has 1 aromatic carbocycles. The second-order valence-electron chi connectivity index (χ2n) is 5.02. The molecule has 0 atom stereocenters. The van der Waals surface area contributed by atoms with Crippen LogP contribution in [-0.2, 0) is 0 Å². The van der Waals surface area contributed by atoms with Gasteiger partial charge in [0, 0.05) is 6.07 Å². The van der Waals surface area contributed by atoms with Crippen LogP contribution in [0.15, 0.2) is 42.7 Å². The first-order valence-corrected chi connectivity index (χ1v) is 6.29. The van der Waals surface area contributed by atoms with Gasteiger partial charge in [0.2, 0.25) is 0 Å². The Bertz CT molecular complexity index is 495. The smallest absolute Gasteiger partial charge is 0.128 e. The van der Waals surface area contributed by atoms with Crippen LogP contribution in [0.4, 0.5) is 0 Å². The molecule has 2 heteroatoms. The Hall–Kier alpha value is -1.57. The Morgan fingerprint density at radius 1 is 1.00 bits per heavy atom. The molecule has 2 rings (SSSR count). The third kappa shape index (κ3) is 2.26. The lowest BCUT2D eigenvalue weighted by molar-refractivity contribution is -0.783. The summed E-state index contributed by atoms with van der Waals surface area (Å²) in [4.78, 5) is 0. The maximum atomic E-state index is 2.25. The summed E-state index contributed by atoms with van der Waals surface area (Å²) in [5.41, 5.74) is 2.67. The van der Waals surface area contributed by atoms with E-state index in [1.807, 2.05) is 0 Å². The Balaban J connectivity index is 2.56. The van der Waals surface area contributed by atoms with E-state index >= 15 is 0 Å². The maximum absolute atomic E-state index is 2.25. The molecule has 2 nitrogen and oxygen atoms in total. The van der Waals surface area contributed by atoms with Gasteiger partial charge in [-0.15, -0.1) is 9.36 Å². The molecule has 2 aromatic rings. The summed E-state index contributed by atoms with van der Waals surface area (Å²) in [5, 5.41) is 0. The van der Waals surface area contributed by atoms with E-state index in [9.17, 15) is 0 Å². The highest BCUT2D eigenvalue weighted by Gasteiger charge is 2.17. The van der Waals surface area contributed by atoms with Crippen molar-refractivity contribution in [1.82, 2.24) is 4.68 Å². The zero-order valence-electron chi connectivity index (χ0n) is 11.1. The van der Waals surface area contributed by atoms with Crippen molar-refractivity contribution in [2.24, 2.45) is 0 Å². The third-order valence-electron chi connectivity index (χ3n) is 3.05. The summed E-state index contributed by atoms with van der Waals surface area (Å²) in [7, 11) is 0. The van der Waals surface area contributed by atoms with Crippen LogP contribution < -0.4 is 4.68 Å². The van der Waals surface area contributed by atoms with E-state index in [-0.39, 0.29) is 0 Å². The Labute approximate surface area is 103 Å². The predicted octanol–water partition coefficient (Wildman–Crippen LogP) is 3.47. The molecule has 0 fully saturated rings. The molecule has 0 aliphatic heterocycles. The highest BCUT2D eigenvalue weighted by Crippen LogP contribution is 2.21. The van der Waals surface area contributed by atoms with Gasteiger partial charge in [0.25, 0.3) is 0 Å². The van der Waals surface area contributed by atoms with Gasteiger partial charge < -0.3 is 0 Å². The van der Waals surface area contributed by atoms with Crippen LogP contribution in [0.3, 0.4) is 0 Å². The van der Waals surface area contributed by atoms with Crippen LogP contribution in [0.25, 0.3) is 5.69 Å². The van der Waals surface area contributed by atoms with Crippen molar-refractivity contribution in [2.45, 2.75) is 39.7 Å². The lowest BCUT2D eigenvalue weighted by atomic mass is 10.0. The average molecular weight is 229 g/mol. The molecule has 1 heterocycles. The van der Waals surface area contributed by atoms with Crippen molar-refractivity contribution in [2.75, 3.05) is 0 Å². The summed E-state index contributed by atoms with van der Waals surface area (Å²) >= 11 is 0. The summed E-state index contributed by atoms with van der Waals surface area (Å²) in [6.07, 6.45) is 4.25. The molecule has 0 N–H and O–H groups in total. The number of hydrogen-bond acceptors (Lipinski definition) is 0. The van der Waals surface area contributed by atoms with Gasteiger partial charge in [-0.3, -0.25) is 0 Å². The van der Waals surface area contributed by atoms with Crippen molar-refractivity contribution in [3.05, 3.63) is 48.3 Å². The van der Waals surface area contributed by atoms with Crippen molar-refractivity contribution >= 4 is 0 Å². The van der Waals surface area contributed by atoms with Gasteiger partial charge in [-0.25, -0.2) is 0 Å². The minimum Gasteiger partial charge on any atom is -0.128 e. The minimum absolute atomic E-state index is 0.463. The van der Waals surface area contributed by atoms with Crippen molar-refractivity contribution < 1.29 is 4.68 Å². The zero-order chi connectivity index (χ0) is 12.4. The van der Waals surface area contributed by atoms with Crippen LogP contribution >= 0.6 is 0 Å². The molecule has 0 aliphatic carbocycles. The number of nitrogens with zero attached hydrogens (tertiary/aromatic N) is 2. The number of hydrogen-bond donors (Lipinski definition) is 0. The topological polar surface area (TPSA) is 8.81 Å². The molecule has 0 saturated heterocycles. The van der Waals surface area contributed by atoms with Gasteiger partial charge >= 0.3 is 0 Å². The Kier molecular flexibility index (Phi) is 3.32. The van der Waals surface area contributed by atoms with Gasteiger partial charge in [0.05, 0.1) is 6.20 Å². The second-order valence-corrected chi connectivity index (χ2v) is 5.02. The van der Waals surface area contributed by atoms with Crippen LogP contribution in [0.5, 0.6) is 0 Å². The van der Waals surface area contributed by atoms with Crippen molar-refractivity contribution in [1.29, 1.82) is 0 Å². The van der Waals surface area contributed by atoms with Gasteiger partial charge in [-0.1, -0.05) is 32.0 Å². The number of benzene rings is 1. The molecule has 0 bridgehead atoms. The highest BCUT2D eigenvalue weighted by atomic mass is 15.4. The van der Waals surface area contributed by atoms with Gasteiger partial charge in [0.15, 0.2) is 12.2 Å². The molecule has 0 spiro atoms. The second kappa shape index (κ2) is 4.74. The van der Waals surface area contributed by atoms with Crippen LogP contribution in [-0.4, -0.2) is 4.68 Å². The first-order chi connectivity index (χ1) is 8.11. The summed E-state index contributed by atoms with van der Waals surface area (Å²) < 4.78 is 4.49. The molecular formula is C15H21N2+. The molecule has 0 aliphatic rings. The predicted molar refractivity (Wildman–Crippen MR) is 70.4 cm³/mol. The van der Waals surface area contributed by atoms with E-state index < -0.39 is 0 Å². The lowest BCUT2D eigenvalue weighted by Gasteiger charge is -2.13. The molecule has 90 valence electrons. The fraction of sp³-hybridized carbons (Fsp3) is 0.400. The number of aromatic nitrogens is 2. The lowest BCUT2D eigenvalue weighted by Crippen LogP contribution is -2.43. The Morgan fingerprint density at radius 3 is 2.35 bits per heavy atom. The normalized spacial score (nSPS) is 11.4. The van der Waals surface area contributed by atoms with Crippen molar-refractivity contribution in [3.8, 4) is 5.69 Å². The zero-order valence-corrected chi connectivity index (χ0v) is 11.1. The van der Waals surface area contributed by atoms with E-state index in [0.29, 0.717) is 12.0 Å². The van der Waals surface area contributed by atoms with E-state index in [0.717, 1.165) is 0 Å². The van der Waals surface area contributed by atoms with E-state index in [1.54, 1.807) is 0 Å². The summed E-state index contributed by atoms with van der Waals surface area (Å²) in [5.74, 6) is 0.536. The summed E-state index contributed by atoms with van der Waals surface area (Å²) in [6.45, 7) is 8.88. The molecule has 1 aromatic heterocycles. The Morgan fingerprint density at radius 2 is 1.71 bits per heavy atom. The molecule has 0 amide bonds. The first-order valence-electron chi connectivity index (χ1n) is 6.29. The molecule has 0 saturated carbocycles. The van der Waals surface area contributed by atoms with Gasteiger partial charge in [-0.2, -0.15) is 0 Å². The standard InChI is InChI=1S/C15H21N2/c1-12(2)14-8-5-6-9-15(14)17-11-7-10-16(17)13(3)4/h5-13H,1-4H3/q+1. The SMILES string of the molecule is CC(C)c1ccccc1-n1ccc[n+]1C(C)C.